The molecule has 0 aromatic carbocycles. The van der Waals surface area contributed by atoms with Gasteiger partial charge >= 0.3 is 11.9 Å². The topological polar surface area (TPSA) is 63.6 Å². The number of allylic oxidation sites excluding steroid dienone is 2. The number of rotatable bonds is 23. The Kier molecular flexibility index (Phi) is 21.9. The van der Waals surface area contributed by atoms with E-state index < -0.39 is 17.9 Å². The summed E-state index contributed by atoms with van der Waals surface area (Å²) in [5.74, 6) is -2.05. The minimum absolute atomic E-state index is 0.0636. The summed E-state index contributed by atoms with van der Waals surface area (Å²) in [6.07, 6.45) is 26.9. The van der Waals surface area contributed by atoms with E-state index in [1.54, 1.807) is 0 Å². The van der Waals surface area contributed by atoms with Gasteiger partial charge in [0, 0.05) is 0 Å². The van der Waals surface area contributed by atoms with Crippen molar-refractivity contribution in [2.75, 3.05) is 6.61 Å². The van der Waals surface area contributed by atoms with Crippen molar-refractivity contribution in [2.24, 2.45) is 5.92 Å². The van der Waals surface area contributed by atoms with Crippen LogP contribution in [0.5, 0.6) is 0 Å². The van der Waals surface area contributed by atoms with Gasteiger partial charge in [0.05, 0.1) is 12.3 Å². The predicted octanol–water partition coefficient (Wildman–Crippen LogP) is 8.01. The van der Waals surface area contributed by atoms with Crippen molar-refractivity contribution in [2.45, 2.75) is 122 Å². The molecule has 1 atom stereocenters. The average Bonchev–Trinajstić information content (AvgIpc) is 2.75. The van der Waals surface area contributed by atoms with Gasteiger partial charge in [-0.1, -0.05) is 109 Å². The summed E-state index contributed by atoms with van der Waals surface area (Å²) in [5.41, 5.74) is 0. The second kappa shape index (κ2) is 23.1. The molecule has 0 aromatic rings. The van der Waals surface area contributed by atoms with E-state index in [0.29, 0.717) is 6.42 Å². The van der Waals surface area contributed by atoms with E-state index in [1.165, 1.54) is 89.5 Å². The fourth-order valence-corrected chi connectivity index (χ4v) is 3.72. The Labute approximate surface area is 191 Å². The van der Waals surface area contributed by atoms with E-state index in [0.717, 1.165) is 19.3 Å². The van der Waals surface area contributed by atoms with Gasteiger partial charge in [0.25, 0.3) is 0 Å². The van der Waals surface area contributed by atoms with Gasteiger partial charge in [0.1, 0.15) is 6.61 Å². The summed E-state index contributed by atoms with van der Waals surface area (Å²) < 4.78 is 4.88. The van der Waals surface area contributed by atoms with Crippen LogP contribution in [0.15, 0.2) is 24.8 Å². The molecular formula is C27H48O4. The number of unbranched alkanes of at least 4 members (excludes halogenated alkanes) is 14. The predicted molar refractivity (Wildman–Crippen MR) is 130 cm³/mol. The molecule has 180 valence electrons. The first kappa shape index (κ1) is 29.4. The minimum Gasteiger partial charge on any atom is -0.481 e. The Hall–Kier alpha value is -1.58. The van der Waals surface area contributed by atoms with Crippen molar-refractivity contribution in [3.63, 3.8) is 0 Å². The van der Waals surface area contributed by atoms with Crippen LogP contribution >= 0.6 is 0 Å². The number of carboxylic acid groups (broad SMARTS) is 1. The Bertz CT molecular complexity index is 470. The van der Waals surface area contributed by atoms with Crippen molar-refractivity contribution in [3.05, 3.63) is 24.8 Å². The Morgan fingerprint density at radius 3 is 1.77 bits per heavy atom. The standard InChI is InChI=1S/C27H48O4/c1-3-5-6-7-8-9-10-11-12-13-14-15-16-17-18-19-20-21-22-25(27(29)30)24-26(28)31-23-4-2/h4,18-19,25H,2-3,5-17,20-24H2,1H3,(H,29,30)/b19-18+. The molecule has 4 nitrogen and oxygen atoms in total. The van der Waals surface area contributed by atoms with Crippen molar-refractivity contribution in [1.29, 1.82) is 0 Å². The largest absolute Gasteiger partial charge is 0.481 e. The normalized spacial score (nSPS) is 12.2. The molecule has 0 rings (SSSR count). The van der Waals surface area contributed by atoms with Gasteiger partial charge in [-0.3, -0.25) is 9.59 Å². The molecule has 0 aliphatic rings. The zero-order valence-electron chi connectivity index (χ0n) is 20.1. The number of aliphatic carboxylic acids is 1. The quantitative estimate of drug-likeness (QED) is 0.100. The van der Waals surface area contributed by atoms with Crippen molar-refractivity contribution >= 4 is 11.9 Å². The van der Waals surface area contributed by atoms with Crippen LogP contribution in [0.4, 0.5) is 0 Å². The Morgan fingerprint density at radius 1 is 0.806 bits per heavy atom. The molecule has 1 unspecified atom stereocenters. The third kappa shape index (κ3) is 21.4. The lowest BCUT2D eigenvalue weighted by atomic mass is 9.98. The zero-order chi connectivity index (χ0) is 23.0. The Morgan fingerprint density at radius 2 is 1.29 bits per heavy atom. The molecule has 0 spiro atoms. The van der Waals surface area contributed by atoms with E-state index in [9.17, 15) is 14.7 Å². The lowest BCUT2D eigenvalue weighted by molar-refractivity contribution is -0.151. The van der Waals surface area contributed by atoms with Gasteiger partial charge in [0.2, 0.25) is 0 Å². The molecule has 0 saturated heterocycles. The van der Waals surface area contributed by atoms with Crippen LogP contribution < -0.4 is 0 Å². The lowest BCUT2D eigenvalue weighted by Gasteiger charge is -2.10. The lowest BCUT2D eigenvalue weighted by Crippen LogP contribution is -2.19. The second-order valence-corrected chi connectivity index (χ2v) is 8.64. The summed E-state index contributed by atoms with van der Waals surface area (Å²) >= 11 is 0. The summed E-state index contributed by atoms with van der Waals surface area (Å²) in [6, 6.07) is 0. The highest BCUT2D eigenvalue weighted by atomic mass is 16.5. The number of carbonyl (C=O) groups excluding carboxylic acids is 1. The number of esters is 1. The number of carbonyl (C=O) groups is 2. The van der Waals surface area contributed by atoms with Crippen LogP contribution in [0.25, 0.3) is 0 Å². The molecule has 0 radical (unpaired) electrons. The number of carboxylic acids is 1. The SMILES string of the molecule is C=CCOC(=O)CC(CCC/C=C/CCCCCCCCCCCCCCC)C(=O)O. The van der Waals surface area contributed by atoms with Crippen molar-refractivity contribution in [1.82, 2.24) is 0 Å². The average molecular weight is 437 g/mol. The molecule has 4 heteroatoms. The molecule has 0 bridgehead atoms. The monoisotopic (exact) mass is 436 g/mol. The molecule has 0 aliphatic heterocycles. The van der Waals surface area contributed by atoms with E-state index in [-0.39, 0.29) is 13.0 Å². The highest BCUT2D eigenvalue weighted by Crippen LogP contribution is 2.16. The molecule has 0 aromatic heterocycles. The highest BCUT2D eigenvalue weighted by molar-refractivity contribution is 5.78. The summed E-state index contributed by atoms with van der Waals surface area (Å²) in [5, 5.41) is 9.25. The third-order valence-electron chi connectivity index (χ3n) is 5.69. The number of hydrogen-bond donors (Lipinski definition) is 1. The maximum atomic E-state index is 11.6. The van der Waals surface area contributed by atoms with Crippen LogP contribution in [0.1, 0.15) is 122 Å². The van der Waals surface area contributed by atoms with Gasteiger partial charge in [-0.15, -0.1) is 0 Å². The maximum Gasteiger partial charge on any atom is 0.307 e. The van der Waals surface area contributed by atoms with E-state index in [1.807, 2.05) is 0 Å². The first-order chi connectivity index (χ1) is 15.1. The van der Waals surface area contributed by atoms with Crippen LogP contribution in [0.2, 0.25) is 0 Å². The van der Waals surface area contributed by atoms with Crippen molar-refractivity contribution in [3.8, 4) is 0 Å². The minimum atomic E-state index is -0.925. The first-order valence-corrected chi connectivity index (χ1v) is 12.8. The zero-order valence-corrected chi connectivity index (χ0v) is 20.1. The van der Waals surface area contributed by atoms with Crippen LogP contribution in [0.3, 0.4) is 0 Å². The molecule has 0 heterocycles. The van der Waals surface area contributed by atoms with Gasteiger partial charge < -0.3 is 9.84 Å². The van der Waals surface area contributed by atoms with Gasteiger partial charge in [0.15, 0.2) is 0 Å². The van der Waals surface area contributed by atoms with E-state index >= 15 is 0 Å². The first-order valence-electron chi connectivity index (χ1n) is 12.8. The summed E-state index contributed by atoms with van der Waals surface area (Å²) in [7, 11) is 0. The van der Waals surface area contributed by atoms with Gasteiger partial charge in [-0.05, 0) is 32.1 Å². The van der Waals surface area contributed by atoms with Crippen molar-refractivity contribution < 1.29 is 19.4 Å². The maximum absolute atomic E-state index is 11.6. The second-order valence-electron chi connectivity index (χ2n) is 8.64. The molecule has 0 fully saturated rings. The molecule has 0 aliphatic carbocycles. The molecular weight excluding hydrogens is 388 g/mol. The van der Waals surface area contributed by atoms with Gasteiger partial charge in [-0.2, -0.15) is 0 Å². The van der Waals surface area contributed by atoms with Crippen LogP contribution in [-0.4, -0.2) is 23.7 Å². The molecule has 0 amide bonds. The van der Waals surface area contributed by atoms with E-state index in [2.05, 4.69) is 25.7 Å². The van der Waals surface area contributed by atoms with Crippen LogP contribution in [0, 0.1) is 5.92 Å². The fraction of sp³-hybridized carbons (Fsp3) is 0.778. The molecule has 31 heavy (non-hydrogen) atoms. The number of hydrogen-bond acceptors (Lipinski definition) is 3. The highest BCUT2D eigenvalue weighted by Gasteiger charge is 2.21. The Balaban J connectivity index is 3.49. The summed E-state index contributed by atoms with van der Waals surface area (Å²) in [6.45, 7) is 5.88. The van der Waals surface area contributed by atoms with Gasteiger partial charge in [-0.25, -0.2) is 0 Å². The van der Waals surface area contributed by atoms with E-state index in [4.69, 9.17) is 4.74 Å². The summed E-state index contributed by atoms with van der Waals surface area (Å²) in [4.78, 5) is 22.8. The molecule has 1 N–H and O–H groups in total. The third-order valence-corrected chi connectivity index (χ3v) is 5.69. The fourth-order valence-electron chi connectivity index (χ4n) is 3.72. The van der Waals surface area contributed by atoms with Crippen LogP contribution in [-0.2, 0) is 14.3 Å². The number of ether oxygens (including phenoxy) is 1. The molecule has 0 saturated carbocycles. The smallest absolute Gasteiger partial charge is 0.307 e.